The Kier molecular flexibility index (Phi) is 5.19. The summed E-state index contributed by atoms with van der Waals surface area (Å²) in [4.78, 5) is 11.7. The zero-order valence-corrected chi connectivity index (χ0v) is 11.2. The van der Waals surface area contributed by atoms with E-state index in [1.165, 1.54) is 0 Å². The molecule has 0 aromatic rings. The van der Waals surface area contributed by atoms with Crippen LogP contribution in [0.5, 0.6) is 0 Å². The summed E-state index contributed by atoms with van der Waals surface area (Å²) in [6.07, 6.45) is 9.04. The van der Waals surface area contributed by atoms with Crippen LogP contribution in [-0.4, -0.2) is 18.1 Å². The second kappa shape index (κ2) is 6.20. The van der Waals surface area contributed by atoms with Gasteiger partial charge >= 0.3 is 5.97 Å². The molecule has 1 aliphatic carbocycles. The molecule has 2 N–H and O–H groups in total. The SMILES string of the molecule is CC(C)(C)/C=C\CC(N)C(=O)OC1CCCC1. The van der Waals surface area contributed by atoms with Gasteiger partial charge in [0.15, 0.2) is 0 Å². The second-order valence-electron chi connectivity index (χ2n) is 5.95. The highest BCUT2D eigenvalue weighted by molar-refractivity contribution is 5.75. The number of nitrogens with two attached hydrogens (primary N) is 1. The summed E-state index contributed by atoms with van der Waals surface area (Å²) in [6, 6.07) is -0.519. The van der Waals surface area contributed by atoms with Crippen LogP contribution in [0.25, 0.3) is 0 Å². The first-order valence-electron chi connectivity index (χ1n) is 6.52. The smallest absolute Gasteiger partial charge is 0.323 e. The van der Waals surface area contributed by atoms with Crippen molar-refractivity contribution in [3.63, 3.8) is 0 Å². The summed E-state index contributed by atoms with van der Waals surface area (Å²) in [7, 11) is 0. The average Bonchev–Trinajstić information content (AvgIpc) is 2.68. The van der Waals surface area contributed by atoms with Crippen LogP contribution in [0.3, 0.4) is 0 Å². The Morgan fingerprint density at radius 3 is 2.53 bits per heavy atom. The van der Waals surface area contributed by atoms with Gasteiger partial charge in [-0.15, -0.1) is 0 Å². The summed E-state index contributed by atoms with van der Waals surface area (Å²) >= 11 is 0. The average molecular weight is 239 g/mol. The van der Waals surface area contributed by atoms with Crippen LogP contribution in [0.1, 0.15) is 52.9 Å². The minimum Gasteiger partial charge on any atom is -0.461 e. The summed E-state index contributed by atoms with van der Waals surface area (Å²) in [5.41, 5.74) is 5.93. The number of esters is 1. The summed E-state index contributed by atoms with van der Waals surface area (Å²) in [5, 5.41) is 0. The highest BCUT2D eigenvalue weighted by Crippen LogP contribution is 2.21. The largest absolute Gasteiger partial charge is 0.461 e. The van der Waals surface area contributed by atoms with E-state index in [4.69, 9.17) is 10.5 Å². The summed E-state index contributed by atoms with van der Waals surface area (Å²) in [5.74, 6) is -0.254. The maximum atomic E-state index is 11.7. The lowest BCUT2D eigenvalue weighted by atomic mass is 9.95. The summed E-state index contributed by atoms with van der Waals surface area (Å²) in [6.45, 7) is 6.35. The number of carbonyl (C=O) groups is 1. The Bertz CT molecular complexity index is 272. The molecule has 0 bridgehead atoms. The maximum absolute atomic E-state index is 11.7. The fourth-order valence-corrected chi connectivity index (χ4v) is 1.92. The van der Waals surface area contributed by atoms with Gasteiger partial charge in [0.1, 0.15) is 12.1 Å². The van der Waals surface area contributed by atoms with Gasteiger partial charge < -0.3 is 10.5 Å². The predicted octanol–water partition coefficient (Wildman–Crippen LogP) is 2.79. The molecule has 1 rings (SSSR count). The van der Waals surface area contributed by atoms with E-state index in [1.807, 2.05) is 6.08 Å². The van der Waals surface area contributed by atoms with Gasteiger partial charge in [-0.2, -0.15) is 0 Å². The monoisotopic (exact) mass is 239 g/mol. The highest BCUT2D eigenvalue weighted by Gasteiger charge is 2.22. The lowest BCUT2D eigenvalue weighted by molar-refractivity contribution is -0.150. The molecule has 17 heavy (non-hydrogen) atoms. The molecule has 0 heterocycles. The molecule has 3 heteroatoms. The van der Waals surface area contributed by atoms with Gasteiger partial charge in [-0.3, -0.25) is 4.79 Å². The molecule has 0 aliphatic heterocycles. The van der Waals surface area contributed by atoms with Crippen LogP contribution in [-0.2, 0) is 9.53 Å². The number of carbonyl (C=O) groups excluding carboxylic acids is 1. The van der Waals surface area contributed by atoms with E-state index >= 15 is 0 Å². The molecule has 1 aliphatic rings. The van der Waals surface area contributed by atoms with Crippen molar-refractivity contribution in [1.29, 1.82) is 0 Å². The van der Waals surface area contributed by atoms with E-state index in [1.54, 1.807) is 0 Å². The van der Waals surface area contributed by atoms with Crippen molar-refractivity contribution >= 4 is 5.97 Å². The van der Waals surface area contributed by atoms with Crippen LogP contribution >= 0.6 is 0 Å². The molecule has 0 amide bonds. The molecule has 1 atom stereocenters. The van der Waals surface area contributed by atoms with Crippen molar-refractivity contribution in [2.75, 3.05) is 0 Å². The molecule has 0 radical (unpaired) electrons. The van der Waals surface area contributed by atoms with E-state index in [9.17, 15) is 4.79 Å². The lowest BCUT2D eigenvalue weighted by Crippen LogP contribution is -2.34. The number of allylic oxidation sites excluding steroid dienone is 1. The molecule has 3 nitrogen and oxygen atoms in total. The maximum Gasteiger partial charge on any atom is 0.323 e. The zero-order valence-electron chi connectivity index (χ0n) is 11.2. The van der Waals surface area contributed by atoms with Gasteiger partial charge in [0.2, 0.25) is 0 Å². The standard InChI is InChI=1S/C14H25NO2/c1-14(2,3)10-6-9-12(15)13(16)17-11-7-4-5-8-11/h6,10-12H,4-5,7-9,15H2,1-3H3/b10-6-. The van der Waals surface area contributed by atoms with E-state index in [2.05, 4.69) is 26.8 Å². The molecular weight excluding hydrogens is 214 g/mol. The highest BCUT2D eigenvalue weighted by atomic mass is 16.5. The molecule has 1 saturated carbocycles. The van der Waals surface area contributed by atoms with E-state index in [-0.39, 0.29) is 17.5 Å². The third-order valence-corrected chi connectivity index (χ3v) is 2.90. The molecule has 0 aromatic carbocycles. The third kappa shape index (κ3) is 5.87. The fourth-order valence-electron chi connectivity index (χ4n) is 1.92. The normalized spacial score (nSPS) is 19.8. The second-order valence-corrected chi connectivity index (χ2v) is 5.95. The minimum atomic E-state index is -0.519. The van der Waals surface area contributed by atoms with Crippen LogP contribution in [0.15, 0.2) is 12.2 Å². The Labute approximate surface area is 104 Å². The Morgan fingerprint density at radius 2 is 2.00 bits per heavy atom. The number of hydrogen-bond acceptors (Lipinski definition) is 3. The van der Waals surface area contributed by atoms with Crippen LogP contribution in [0, 0.1) is 5.41 Å². The Balaban J connectivity index is 2.29. The number of ether oxygens (including phenoxy) is 1. The molecule has 0 spiro atoms. The molecule has 1 unspecified atom stereocenters. The summed E-state index contributed by atoms with van der Waals surface area (Å²) < 4.78 is 5.36. The molecule has 98 valence electrons. The van der Waals surface area contributed by atoms with Crippen molar-refractivity contribution in [3.8, 4) is 0 Å². The van der Waals surface area contributed by atoms with E-state index in [0.717, 1.165) is 25.7 Å². The van der Waals surface area contributed by atoms with E-state index < -0.39 is 6.04 Å². The minimum absolute atomic E-state index is 0.111. The lowest BCUT2D eigenvalue weighted by Gasteiger charge is -2.15. The van der Waals surface area contributed by atoms with Gasteiger partial charge in [-0.05, 0) is 37.5 Å². The van der Waals surface area contributed by atoms with Crippen LogP contribution in [0.2, 0.25) is 0 Å². The van der Waals surface area contributed by atoms with Crippen molar-refractivity contribution in [2.24, 2.45) is 11.1 Å². The first-order valence-corrected chi connectivity index (χ1v) is 6.52. The van der Waals surface area contributed by atoms with Gasteiger partial charge in [0, 0.05) is 0 Å². The van der Waals surface area contributed by atoms with Crippen molar-refractivity contribution in [3.05, 3.63) is 12.2 Å². The molecule has 1 fully saturated rings. The van der Waals surface area contributed by atoms with Crippen molar-refractivity contribution < 1.29 is 9.53 Å². The number of hydrogen-bond donors (Lipinski definition) is 1. The quantitative estimate of drug-likeness (QED) is 0.606. The third-order valence-electron chi connectivity index (χ3n) is 2.90. The van der Waals surface area contributed by atoms with Gasteiger partial charge in [-0.25, -0.2) is 0 Å². The first kappa shape index (κ1) is 14.2. The van der Waals surface area contributed by atoms with Crippen molar-refractivity contribution in [2.45, 2.75) is 65.0 Å². The first-order chi connectivity index (χ1) is 7.88. The zero-order chi connectivity index (χ0) is 12.9. The molecule has 0 aromatic heterocycles. The predicted molar refractivity (Wildman–Crippen MR) is 69.5 cm³/mol. The van der Waals surface area contributed by atoms with E-state index in [0.29, 0.717) is 6.42 Å². The number of rotatable bonds is 4. The Hall–Kier alpha value is -0.830. The van der Waals surface area contributed by atoms with Crippen molar-refractivity contribution in [1.82, 2.24) is 0 Å². The topological polar surface area (TPSA) is 52.3 Å². The van der Waals surface area contributed by atoms with Crippen LogP contribution < -0.4 is 5.73 Å². The molecule has 0 saturated heterocycles. The Morgan fingerprint density at radius 1 is 1.41 bits per heavy atom. The fraction of sp³-hybridized carbons (Fsp3) is 0.786. The van der Waals surface area contributed by atoms with Gasteiger partial charge in [0.25, 0.3) is 0 Å². The van der Waals surface area contributed by atoms with Gasteiger partial charge in [-0.1, -0.05) is 32.9 Å². The van der Waals surface area contributed by atoms with Crippen LogP contribution in [0.4, 0.5) is 0 Å². The molecular formula is C14H25NO2. The van der Waals surface area contributed by atoms with Gasteiger partial charge in [0.05, 0.1) is 0 Å².